The number of amides is 2. The second-order valence-electron chi connectivity index (χ2n) is 10.2. The van der Waals surface area contributed by atoms with Gasteiger partial charge >= 0.3 is 5.97 Å². The van der Waals surface area contributed by atoms with Gasteiger partial charge in [-0.25, -0.2) is 4.79 Å². The summed E-state index contributed by atoms with van der Waals surface area (Å²) in [6.45, 7) is 3.41. The number of carbonyl (C=O) groups excluding carboxylic acids is 2. The van der Waals surface area contributed by atoms with E-state index in [1.165, 1.54) is 48.5 Å². The van der Waals surface area contributed by atoms with E-state index < -0.39 is 53.4 Å². The van der Waals surface area contributed by atoms with Gasteiger partial charge in [0.05, 0.1) is 28.2 Å². The van der Waals surface area contributed by atoms with Gasteiger partial charge in [0.2, 0.25) is 0 Å². The van der Waals surface area contributed by atoms with E-state index in [9.17, 15) is 45.4 Å². The number of nitrogens with zero attached hydrogens (tertiary/aromatic N) is 3. The lowest BCUT2D eigenvalue weighted by molar-refractivity contribution is 0.0692. The number of anilines is 2. The second-order valence-corrected chi connectivity index (χ2v) is 13.0. The molecule has 0 heterocycles. The minimum Gasteiger partial charge on any atom is -0.478 e. The lowest BCUT2D eigenvalue weighted by Gasteiger charge is -2.11. The van der Waals surface area contributed by atoms with Crippen molar-refractivity contribution in [3.63, 3.8) is 0 Å². The Bertz CT molecular complexity index is 2410. The molecule has 0 aliphatic heterocycles. The Kier molecular flexibility index (Phi) is 9.45. The summed E-state index contributed by atoms with van der Waals surface area (Å²) in [4.78, 5) is 40.3. The van der Waals surface area contributed by atoms with E-state index in [1.54, 1.807) is 24.3 Å². The zero-order valence-electron chi connectivity index (χ0n) is 24.8. The third-order valence-electron chi connectivity index (χ3n) is 6.93. The van der Waals surface area contributed by atoms with Crippen LogP contribution in [0.2, 0.25) is 0 Å². The minimum absolute atomic E-state index is 0.00100. The molecule has 0 radical (unpaired) electrons. The number of aliphatic imine (C=N–C) groups is 1. The fourth-order valence-corrected chi connectivity index (χ4v) is 6.07. The molecule has 5 N–H and O–H groups in total. The molecule has 0 bridgehead atoms. The number of hydrogen-bond acceptors (Lipinski definition) is 10. The van der Waals surface area contributed by atoms with E-state index in [0.717, 1.165) is 24.3 Å². The molecule has 0 atom stereocenters. The molecular weight excluding hydrogens is 679 g/mol. The molecule has 0 unspecified atom stereocenters. The Morgan fingerprint density at radius 1 is 0.592 bits per heavy atom. The predicted octanol–water partition coefficient (Wildman–Crippen LogP) is 6.28. The maximum Gasteiger partial charge on any atom is 0.336 e. The Hall–Kier alpha value is -6.14. The summed E-state index contributed by atoms with van der Waals surface area (Å²) < 4.78 is 67.2. The van der Waals surface area contributed by atoms with Crippen LogP contribution in [0.5, 0.6) is 0 Å². The van der Waals surface area contributed by atoms with Gasteiger partial charge in [-0.05, 0) is 91.6 Å². The Morgan fingerprint density at radius 2 is 1.16 bits per heavy atom. The molecule has 0 spiro atoms. The predicted molar refractivity (Wildman–Crippen MR) is 179 cm³/mol. The highest BCUT2D eigenvalue weighted by atomic mass is 32.2. The summed E-state index contributed by atoms with van der Waals surface area (Å²) in [5.41, 5.74) is 0.656. The smallest absolute Gasteiger partial charge is 0.336 e. The van der Waals surface area contributed by atoms with Crippen LogP contribution in [0.3, 0.4) is 0 Å². The van der Waals surface area contributed by atoms with E-state index in [1.807, 2.05) is 0 Å². The third-order valence-corrected chi connectivity index (χ3v) is 8.73. The van der Waals surface area contributed by atoms with Crippen LogP contribution >= 0.6 is 0 Å². The van der Waals surface area contributed by atoms with E-state index >= 15 is 0 Å². The Labute approximate surface area is 278 Å². The number of aromatic carboxylic acids is 1. The van der Waals surface area contributed by atoms with Gasteiger partial charge in [0.15, 0.2) is 0 Å². The lowest BCUT2D eigenvalue weighted by atomic mass is 10.0. The number of nitrogens with one attached hydrogen (secondary N) is 2. The summed E-state index contributed by atoms with van der Waals surface area (Å²) >= 11 is 0. The molecule has 0 saturated heterocycles. The fraction of sp³-hybridized carbons (Fsp3) is 0. The van der Waals surface area contributed by atoms with Gasteiger partial charge in [0.1, 0.15) is 9.79 Å². The van der Waals surface area contributed by atoms with Crippen LogP contribution in [0.25, 0.3) is 10.8 Å². The van der Waals surface area contributed by atoms with Gasteiger partial charge in [-0.1, -0.05) is 12.1 Å². The topological polar surface area (TPSA) is 241 Å². The molecule has 5 aromatic carbocycles. The van der Waals surface area contributed by atoms with Crippen molar-refractivity contribution in [3.8, 4) is 0 Å². The number of hydrogen-bond donors (Lipinski definition) is 5. The van der Waals surface area contributed by atoms with Crippen LogP contribution in [0, 0.1) is 0 Å². The van der Waals surface area contributed by atoms with E-state index in [-0.39, 0.29) is 39.0 Å². The molecule has 5 rings (SSSR count). The molecule has 0 fully saturated rings. The monoisotopic (exact) mass is 701 g/mol. The first kappa shape index (κ1) is 34.2. The maximum atomic E-state index is 13.0. The molecule has 0 aliphatic carbocycles. The van der Waals surface area contributed by atoms with Crippen LogP contribution < -0.4 is 10.6 Å². The summed E-state index contributed by atoms with van der Waals surface area (Å²) in [7, 11) is -9.62. The minimum atomic E-state index is -4.85. The fourth-order valence-electron chi connectivity index (χ4n) is 4.64. The third kappa shape index (κ3) is 7.88. The normalized spacial score (nSPS) is 11.7. The number of fused-ring (bicyclic) bond motifs is 1. The Balaban J connectivity index is 1.34. The summed E-state index contributed by atoms with van der Waals surface area (Å²) in [6.07, 6.45) is 0. The van der Waals surface area contributed by atoms with Gasteiger partial charge in [-0.2, -0.15) is 27.1 Å². The first-order valence-corrected chi connectivity index (χ1v) is 16.6. The average molecular weight is 702 g/mol. The first-order valence-electron chi connectivity index (χ1n) is 13.7. The van der Waals surface area contributed by atoms with Crippen LogP contribution in [0.15, 0.2) is 122 Å². The number of carboxylic acid groups (broad SMARTS) is 1. The van der Waals surface area contributed by atoms with Crippen molar-refractivity contribution in [2.45, 2.75) is 9.79 Å². The summed E-state index contributed by atoms with van der Waals surface area (Å²) in [5, 5.41) is 22.5. The van der Waals surface area contributed by atoms with Crippen molar-refractivity contribution in [2.75, 3.05) is 10.6 Å². The number of carboxylic acids is 1. The highest BCUT2D eigenvalue weighted by molar-refractivity contribution is 7.86. The molecule has 2 amide bonds. The highest BCUT2D eigenvalue weighted by Gasteiger charge is 2.22. The van der Waals surface area contributed by atoms with Crippen molar-refractivity contribution < 1.29 is 45.4 Å². The van der Waals surface area contributed by atoms with Gasteiger partial charge in [0.25, 0.3) is 32.1 Å². The van der Waals surface area contributed by atoms with Crippen molar-refractivity contribution in [1.29, 1.82) is 0 Å². The molecule has 248 valence electrons. The molecule has 15 nitrogen and oxygen atoms in total. The molecule has 5 aromatic rings. The van der Waals surface area contributed by atoms with Crippen LogP contribution in [-0.4, -0.2) is 55.5 Å². The van der Waals surface area contributed by atoms with Gasteiger partial charge < -0.3 is 15.7 Å². The number of carbonyl (C=O) groups is 3. The molecule has 0 saturated carbocycles. The van der Waals surface area contributed by atoms with Gasteiger partial charge in [0, 0.05) is 27.7 Å². The Morgan fingerprint density at radius 3 is 1.73 bits per heavy atom. The SMILES string of the molecule is C=Nc1ccc(NC(=O)c2ccc(C(=O)Nc3ccc(/N=N/c4cc(S(=O)(=O)O)c5cccc(S(=O)(=O)O)c5c4)cc3)c(C(=O)O)c2)cc1. The second kappa shape index (κ2) is 13.5. The van der Waals surface area contributed by atoms with Crippen LogP contribution in [0.4, 0.5) is 28.4 Å². The van der Waals surface area contributed by atoms with Crippen LogP contribution in [-0.2, 0) is 20.2 Å². The zero-order chi connectivity index (χ0) is 35.5. The van der Waals surface area contributed by atoms with Crippen molar-refractivity contribution in [3.05, 3.63) is 114 Å². The van der Waals surface area contributed by atoms with Crippen LogP contribution in [0.1, 0.15) is 31.1 Å². The van der Waals surface area contributed by atoms with E-state index in [0.29, 0.717) is 11.4 Å². The lowest BCUT2D eigenvalue weighted by Crippen LogP contribution is -2.18. The van der Waals surface area contributed by atoms with E-state index in [2.05, 4.69) is 32.6 Å². The summed E-state index contributed by atoms with van der Waals surface area (Å²) in [6, 6.07) is 21.3. The van der Waals surface area contributed by atoms with Crippen molar-refractivity contribution in [2.24, 2.45) is 15.2 Å². The molecule has 0 aliphatic rings. The number of rotatable bonds is 10. The standard InChI is InChI=1S/C32H23N5O10S2/c1-33-19-6-8-20(9-7-19)34-30(38)18-5-14-25(27(15-18)32(40)41)31(39)35-21-10-12-22(13-11-21)36-37-23-16-26-24(29(17-23)49(45,46)47)3-2-4-28(26)48(42,43)44/h2-17H,1H2,(H,34,38)(H,35,39)(H,40,41)(H,42,43,44)(H,45,46,47)/b37-36+. The molecule has 17 heteroatoms. The first-order chi connectivity index (χ1) is 23.1. The highest BCUT2D eigenvalue weighted by Crippen LogP contribution is 2.34. The van der Waals surface area contributed by atoms with Gasteiger partial charge in [-0.3, -0.25) is 23.7 Å². The molecule has 0 aromatic heterocycles. The van der Waals surface area contributed by atoms with E-state index in [4.69, 9.17) is 0 Å². The summed E-state index contributed by atoms with van der Waals surface area (Å²) in [5.74, 6) is -2.82. The van der Waals surface area contributed by atoms with Crippen molar-refractivity contribution >= 4 is 83.9 Å². The maximum absolute atomic E-state index is 13.0. The quantitative estimate of drug-likeness (QED) is 0.0619. The van der Waals surface area contributed by atoms with Gasteiger partial charge in [-0.15, -0.1) is 0 Å². The molecule has 49 heavy (non-hydrogen) atoms. The average Bonchev–Trinajstić information content (AvgIpc) is 3.06. The number of azo groups is 1. The number of benzene rings is 5. The largest absolute Gasteiger partial charge is 0.478 e. The molecular formula is C32H23N5O10S2. The van der Waals surface area contributed by atoms with Crippen molar-refractivity contribution in [1.82, 2.24) is 0 Å². The zero-order valence-corrected chi connectivity index (χ0v) is 26.4.